The molecule has 15 heteroatoms. The van der Waals surface area contributed by atoms with Gasteiger partial charge in [0.1, 0.15) is 40.1 Å². The molecule has 0 saturated heterocycles. The number of hydrogen-bond donors (Lipinski definition) is 3. The summed E-state index contributed by atoms with van der Waals surface area (Å²) in [6, 6.07) is 0. The second kappa shape index (κ2) is 4.68. The molecule has 1 rings (SSSR count). The van der Waals surface area contributed by atoms with E-state index in [2.05, 4.69) is 0 Å². The zero-order valence-electron chi connectivity index (χ0n) is 9.24. The van der Waals surface area contributed by atoms with Crippen molar-refractivity contribution in [2.24, 2.45) is 0 Å². The molecular weight excluding hydrogens is 360 g/mol. The topological polar surface area (TPSA) is 232 Å². The second-order valence-electron chi connectivity index (χ2n) is 3.40. The van der Waals surface area contributed by atoms with Crippen LogP contribution < -0.4 is 0 Å². The zero-order chi connectivity index (χ0) is 17.0. The van der Waals surface area contributed by atoms with Gasteiger partial charge in [-0.1, -0.05) is 0 Å². The Kier molecular flexibility index (Phi) is 3.88. The Hall–Kier alpha value is -1.65. The first kappa shape index (κ1) is 17.4. The highest BCUT2D eigenvalue weighted by atomic mass is 32.2. The third-order valence-electron chi connectivity index (χ3n) is 2.04. The molecule has 12 nitrogen and oxygen atoms in total. The third-order valence-corrected chi connectivity index (χ3v) is 5.00. The van der Waals surface area contributed by atoms with Crippen LogP contribution >= 0.6 is 0 Å². The van der Waals surface area contributed by atoms with Gasteiger partial charge in [0, 0.05) is 0 Å². The maximum Gasteiger partial charge on any atom is 0.203 e. The summed E-state index contributed by atoms with van der Waals surface area (Å²) in [4.78, 5) is -7.19. The molecule has 0 aliphatic heterocycles. The lowest BCUT2D eigenvalue weighted by molar-refractivity contribution is 0.339. The summed E-state index contributed by atoms with van der Waals surface area (Å²) < 4.78 is 97.9. The largest absolute Gasteiger partial charge is 0.744 e. The van der Waals surface area contributed by atoms with E-state index in [0.717, 1.165) is 0 Å². The molecule has 0 aliphatic rings. The van der Waals surface area contributed by atoms with Gasteiger partial charge in [0.25, 0.3) is 0 Å². The Morgan fingerprint density at radius 1 is 0.524 bits per heavy atom. The molecule has 0 fully saturated rings. The van der Waals surface area contributed by atoms with Crippen molar-refractivity contribution < 1.29 is 54.2 Å². The Morgan fingerprint density at radius 3 is 0.952 bits per heavy atom. The van der Waals surface area contributed by atoms with Gasteiger partial charge in [-0.2, -0.15) is 0 Å². The average molecular weight is 363 g/mol. The molecule has 120 valence electrons. The van der Waals surface area contributed by atoms with Gasteiger partial charge < -0.3 is 29.0 Å². The van der Waals surface area contributed by atoms with Crippen molar-refractivity contribution in [3.8, 4) is 17.2 Å². The van der Waals surface area contributed by atoms with Gasteiger partial charge in [-0.25, -0.2) is 25.3 Å². The quantitative estimate of drug-likeness (QED) is 0.374. The monoisotopic (exact) mass is 363 g/mol. The van der Waals surface area contributed by atoms with Crippen LogP contribution in [0.3, 0.4) is 0 Å². The highest BCUT2D eigenvalue weighted by Gasteiger charge is 2.33. The van der Waals surface area contributed by atoms with E-state index in [4.69, 9.17) is 15.3 Å². The van der Waals surface area contributed by atoms with E-state index in [1.807, 2.05) is 0 Å². The van der Waals surface area contributed by atoms with Crippen molar-refractivity contribution in [1.82, 2.24) is 0 Å². The molecule has 0 saturated carbocycles. The molecule has 0 radical (unpaired) electrons. The van der Waals surface area contributed by atoms with E-state index in [9.17, 15) is 38.9 Å². The number of hydrogen-bond acceptors (Lipinski definition) is 12. The molecule has 0 amide bonds. The summed E-state index contributed by atoms with van der Waals surface area (Å²) in [5.41, 5.74) is 0. The average Bonchev–Trinajstić information content (AvgIpc) is 2.19. The molecule has 21 heavy (non-hydrogen) atoms. The maximum atomic E-state index is 10.9. The van der Waals surface area contributed by atoms with E-state index in [1.54, 1.807) is 0 Å². The number of phenolic OH excluding ortho intramolecular Hbond substituents is 3. The predicted molar refractivity (Wildman–Crippen MR) is 55.3 cm³/mol. The Bertz CT molecular complexity index is 861. The van der Waals surface area contributed by atoms with Crippen molar-refractivity contribution in [3.63, 3.8) is 0 Å². The second-order valence-corrected chi connectivity index (χ2v) is 7.35. The summed E-state index contributed by atoms with van der Waals surface area (Å²) in [6.07, 6.45) is 0. The summed E-state index contributed by atoms with van der Waals surface area (Å²) in [7, 11) is -18.2. The maximum absolute atomic E-state index is 10.9. The molecular formula is C6H3O12S3-3. The van der Waals surface area contributed by atoms with Crippen molar-refractivity contribution in [1.29, 1.82) is 0 Å². The van der Waals surface area contributed by atoms with Crippen LogP contribution in [-0.4, -0.2) is 54.2 Å². The highest BCUT2D eigenvalue weighted by Crippen LogP contribution is 2.48. The fourth-order valence-corrected chi connectivity index (χ4v) is 4.60. The van der Waals surface area contributed by atoms with Crippen LogP contribution in [0.2, 0.25) is 0 Å². The van der Waals surface area contributed by atoms with Gasteiger partial charge in [0.2, 0.25) is 5.75 Å². The summed E-state index contributed by atoms with van der Waals surface area (Å²) in [6.45, 7) is 0. The fourth-order valence-electron chi connectivity index (χ4n) is 1.34. The summed E-state index contributed by atoms with van der Waals surface area (Å²) in [5.74, 6) is -6.17. The van der Waals surface area contributed by atoms with Crippen LogP contribution in [-0.2, 0) is 30.4 Å². The van der Waals surface area contributed by atoms with Crippen LogP contribution in [0.25, 0.3) is 0 Å². The van der Waals surface area contributed by atoms with Crippen LogP contribution in [0.1, 0.15) is 0 Å². The van der Waals surface area contributed by atoms with E-state index >= 15 is 0 Å². The minimum atomic E-state index is -6.13. The van der Waals surface area contributed by atoms with Crippen LogP contribution in [0.5, 0.6) is 17.2 Å². The first-order chi connectivity index (χ1) is 9.10. The normalized spacial score (nSPS) is 13.3. The minimum absolute atomic E-state index is 1.98. The smallest absolute Gasteiger partial charge is 0.203 e. The number of phenols is 3. The third kappa shape index (κ3) is 3.01. The molecule has 0 aliphatic carbocycles. The lowest BCUT2D eigenvalue weighted by Crippen LogP contribution is -2.15. The van der Waals surface area contributed by atoms with E-state index in [0.29, 0.717) is 0 Å². The molecule has 1 aromatic carbocycles. The number of aromatic hydroxyl groups is 3. The van der Waals surface area contributed by atoms with Gasteiger partial charge >= 0.3 is 0 Å². The standard InChI is InChI=1S/C6H6O12S3/c7-1-2(8)4(19(10,11)12)6(21(16,17)18)5(3(1)9)20(13,14)15/h7-9H,(H,10,11,12)(H,13,14,15)(H,16,17,18)/p-3. The molecule has 0 unspecified atom stereocenters. The van der Waals surface area contributed by atoms with Gasteiger partial charge in [0.15, 0.2) is 11.5 Å². The van der Waals surface area contributed by atoms with E-state index in [1.165, 1.54) is 0 Å². The van der Waals surface area contributed by atoms with Crippen molar-refractivity contribution in [2.75, 3.05) is 0 Å². The fraction of sp³-hybridized carbons (Fsp3) is 0. The Labute approximate surface area is 117 Å². The summed E-state index contributed by atoms with van der Waals surface area (Å²) >= 11 is 0. The first-order valence-electron chi connectivity index (χ1n) is 4.28. The number of rotatable bonds is 3. The zero-order valence-corrected chi connectivity index (χ0v) is 11.7. The SMILES string of the molecule is O=S(=O)([O-])c1c(O)c(O)c(O)c(S(=O)(=O)[O-])c1S(=O)(=O)[O-]. The highest BCUT2D eigenvalue weighted by molar-refractivity contribution is 7.90. The Balaban J connectivity index is 4.45. The van der Waals surface area contributed by atoms with Crippen molar-refractivity contribution in [3.05, 3.63) is 0 Å². The minimum Gasteiger partial charge on any atom is -0.744 e. The van der Waals surface area contributed by atoms with Crippen molar-refractivity contribution in [2.45, 2.75) is 14.7 Å². The van der Waals surface area contributed by atoms with E-state index < -0.39 is 62.3 Å². The number of benzene rings is 1. The van der Waals surface area contributed by atoms with Crippen LogP contribution in [0.15, 0.2) is 14.7 Å². The molecule has 0 spiro atoms. The van der Waals surface area contributed by atoms with Crippen LogP contribution in [0.4, 0.5) is 0 Å². The van der Waals surface area contributed by atoms with Crippen molar-refractivity contribution >= 4 is 30.4 Å². The molecule has 1 aromatic rings. The Morgan fingerprint density at radius 2 is 0.762 bits per heavy atom. The van der Waals surface area contributed by atoms with Gasteiger partial charge in [-0.15, -0.1) is 0 Å². The van der Waals surface area contributed by atoms with E-state index in [-0.39, 0.29) is 0 Å². The molecule has 0 atom stereocenters. The first-order valence-corrected chi connectivity index (χ1v) is 8.51. The van der Waals surface area contributed by atoms with Gasteiger partial charge in [0.05, 0.1) is 4.90 Å². The van der Waals surface area contributed by atoms with Gasteiger partial charge in [-0.05, 0) is 0 Å². The lowest BCUT2D eigenvalue weighted by atomic mass is 10.3. The predicted octanol–water partition coefficient (Wildman–Crippen LogP) is -2.48. The van der Waals surface area contributed by atoms with Gasteiger partial charge in [-0.3, -0.25) is 0 Å². The molecule has 0 heterocycles. The summed E-state index contributed by atoms with van der Waals surface area (Å²) in [5, 5.41) is 27.4. The molecule has 0 bridgehead atoms. The lowest BCUT2D eigenvalue weighted by Gasteiger charge is -2.23. The van der Waals surface area contributed by atoms with Crippen LogP contribution in [0, 0.1) is 0 Å². The molecule has 0 aromatic heterocycles. The molecule has 3 N–H and O–H groups in total.